The van der Waals surface area contributed by atoms with E-state index in [0.29, 0.717) is 5.39 Å². The smallest absolute Gasteiger partial charge is 0.190 e. The zero-order chi connectivity index (χ0) is 14.8. The average molecular weight is 279 g/mol. The first-order valence-corrected chi connectivity index (χ1v) is 7.02. The van der Waals surface area contributed by atoms with Gasteiger partial charge in [0, 0.05) is 22.7 Å². The molecule has 0 amide bonds. The van der Waals surface area contributed by atoms with Gasteiger partial charge in [-0.05, 0) is 37.6 Å². The molecule has 0 aliphatic carbocycles. The molecule has 21 heavy (non-hydrogen) atoms. The van der Waals surface area contributed by atoms with Crippen LogP contribution in [-0.2, 0) is 0 Å². The highest BCUT2D eigenvalue weighted by Crippen LogP contribution is 2.21. The molecule has 0 radical (unpaired) electrons. The highest BCUT2D eigenvalue weighted by Gasteiger charge is 2.06. The lowest BCUT2D eigenvalue weighted by Crippen LogP contribution is -2.07. The predicted octanol–water partition coefficient (Wildman–Crippen LogP) is 3.98. The molecule has 0 unspecified atom stereocenters. The number of aromatic nitrogens is 1. The van der Waals surface area contributed by atoms with E-state index in [1.54, 1.807) is 12.1 Å². The van der Waals surface area contributed by atoms with Crippen molar-refractivity contribution in [2.75, 3.05) is 0 Å². The second kappa shape index (κ2) is 5.44. The lowest BCUT2D eigenvalue weighted by atomic mass is 10.1. The van der Waals surface area contributed by atoms with E-state index >= 15 is 0 Å². The molecule has 3 heteroatoms. The van der Waals surface area contributed by atoms with Crippen LogP contribution in [0.4, 0.5) is 0 Å². The Morgan fingerprint density at radius 3 is 2.48 bits per heavy atom. The van der Waals surface area contributed by atoms with Gasteiger partial charge in [0.05, 0.1) is 6.10 Å². The minimum absolute atomic E-state index is 0.00295. The summed E-state index contributed by atoms with van der Waals surface area (Å²) < 4.78 is 5.64. The SMILES string of the molecule is CC(C)Oc1ccc2[nH]c(-c3ccccc3)cc(=O)c2c1. The number of fused-ring (bicyclic) bond motifs is 1. The van der Waals surface area contributed by atoms with Crippen molar-refractivity contribution in [1.29, 1.82) is 0 Å². The molecule has 0 spiro atoms. The summed E-state index contributed by atoms with van der Waals surface area (Å²) in [5.41, 5.74) is 2.64. The number of aromatic amines is 1. The van der Waals surface area contributed by atoms with Gasteiger partial charge in [-0.1, -0.05) is 30.3 Å². The topological polar surface area (TPSA) is 42.1 Å². The lowest BCUT2D eigenvalue weighted by molar-refractivity contribution is 0.243. The fourth-order valence-corrected chi connectivity index (χ4v) is 2.34. The molecule has 1 N–H and O–H groups in total. The first-order valence-electron chi connectivity index (χ1n) is 7.02. The maximum atomic E-state index is 12.3. The Morgan fingerprint density at radius 2 is 1.76 bits per heavy atom. The van der Waals surface area contributed by atoms with Crippen molar-refractivity contribution in [1.82, 2.24) is 4.98 Å². The van der Waals surface area contributed by atoms with Crippen molar-refractivity contribution in [2.45, 2.75) is 20.0 Å². The van der Waals surface area contributed by atoms with Crippen LogP contribution in [0.5, 0.6) is 5.75 Å². The van der Waals surface area contributed by atoms with Crippen LogP contribution in [0.15, 0.2) is 59.4 Å². The molecule has 3 aromatic rings. The molecular weight excluding hydrogens is 262 g/mol. The van der Waals surface area contributed by atoms with E-state index in [1.165, 1.54) is 0 Å². The Balaban J connectivity index is 2.11. The van der Waals surface area contributed by atoms with Gasteiger partial charge in [0.2, 0.25) is 0 Å². The van der Waals surface area contributed by atoms with E-state index < -0.39 is 0 Å². The monoisotopic (exact) mass is 279 g/mol. The zero-order valence-electron chi connectivity index (χ0n) is 12.1. The molecule has 0 saturated carbocycles. The largest absolute Gasteiger partial charge is 0.491 e. The molecule has 0 aliphatic rings. The fraction of sp³-hybridized carbons (Fsp3) is 0.167. The van der Waals surface area contributed by atoms with Gasteiger partial charge in [0.1, 0.15) is 5.75 Å². The van der Waals surface area contributed by atoms with Crippen molar-refractivity contribution in [3.63, 3.8) is 0 Å². The summed E-state index contributed by atoms with van der Waals surface area (Å²) in [5, 5.41) is 0.646. The van der Waals surface area contributed by atoms with Gasteiger partial charge >= 0.3 is 0 Å². The molecule has 1 aromatic heterocycles. The van der Waals surface area contributed by atoms with Crippen LogP contribution in [0, 0.1) is 0 Å². The van der Waals surface area contributed by atoms with Gasteiger partial charge in [0.25, 0.3) is 0 Å². The Kier molecular flexibility index (Phi) is 3.48. The van der Waals surface area contributed by atoms with Crippen molar-refractivity contribution in [3.05, 3.63) is 64.8 Å². The van der Waals surface area contributed by atoms with Crippen LogP contribution in [0.2, 0.25) is 0 Å². The van der Waals surface area contributed by atoms with E-state index in [2.05, 4.69) is 4.98 Å². The number of ether oxygens (including phenoxy) is 1. The number of rotatable bonds is 3. The van der Waals surface area contributed by atoms with E-state index in [-0.39, 0.29) is 11.5 Å². The summed E-state index contributed by atoms with van der Waals surface area (Å²) in [7, 11) is 0. The number of nitrogens with one attached hydrogen (secondary N) is 1. The summed E-state index contributed by atoms with van der Waals surface area (Å²) in [6.07, 6.45) is 0.0881. The second-order valence-electron chi connectivity index (χ2n) is 5.29. The fourth-order valence-electron chi connectivity index (χ4n) is 2.34. The molecule has 0 aliphatic heterocycles. The van der Waals surface area contributed by atoms with Crippen LogP contribution >= 0.6 is 0 Å². The van der Waals surface area contributed by atoms with Crippen LogP contribution in [0.25, 0.3) is 22.2 Å². The summed E-state index contributed by atoms with van der Waals surface area (Å²) in [5.74, 6) is 0.718. The van der Waals surface area contributed by atoms with Gasteiger partial charge in [-0.3, -0.25) is 4.79 Å². The van der Waals surface area contributed by atoms with Crippen molar-refractivity contribution in [3.8, 4) is 17.0 Å². The molecule has 0 bridgehead atoms. The summed E-state index contributed by atoms with van der Waals surface area (Å²) in [6, 6.07) is 17.0. The Labute approximate surface area is 123 Å². The molecule has 2 aromatic carbocycles. The summed E-state index contributed by atoms with van der Waals surface area (Å²) in [6.45, 7) is 3.93. The standard InChI is InChI=1S/C18H17NO2/c1-12(2)21-14-8-9-16-15(10-14)18(20)11-17(19-16)13-6-4-3-5-7-13/h3-12H,1-2H3,(H,19,20). The molecule has 106 valence electrons. The Hall–Kier alpha value is -2.55. The normalized spacial score (nSPS) is 11.0. The first kappa shape index (κ1) is 13.4. The van der Waals surface area contributed by atoms with E-state index in [4.69, 9.17) is 4.74 Å². The zero-order valence-corrected chi connectivity index (χ0v) is 12.1. The number of pyridine rings is 1. The summed E-state index contributed by atoms with van der Waals surface area (Å²) in [4.78, 5) is 15.6. The Bertz CT molecular complexity index is 819. The van der Waals surface area contributed by atoms with Crippen molar-refractivity contribution >= 4 is 10.9 Å². The minimum Gasteiger partial charge on any atom is -0.491 e. The summed E-state index contributed by atoms with van der Waals surface area (Å²) >= 11 is 0. The maximum absolute atomic E-state index is 12.3. The van der Waals surface area contributed by atoms with Crippen molar-refractivity contribution in [2.24, 2.45) is 0 Å². The second-order valence-corrected chi connectivity index (χ2v) is 5.29. The third kappa shape index (κ3) is 2.82. The van der Waals surface area contributed by atoms with Crippen molar-refractivity contribution < 1.29 is 4.74 Å². The molecule has 0 atom stereocenters. The van der Waals surface area contributed by atoms with Crippen LogP contribution in [-0.4, -0.2) is 11.1 Å². The number of benzene rings is 2. The van der Waals surface area contributed by atoms with Gasteiger partial charge in [-0.15, -0.1) is 0 Å². The van der Waals surface area contributed by atoms with Gasteiger partial charge in [-0.2, -0.15) is 0 Å². The first-order chi connectivity index (χ1) is 10.1. The van der Waals surface area contributed by atoms with E-state index in [9.17, 15) is 4.79 Å². The third-order valence-corrected chi connectivity index (χ3v) is 3.26. The number of hydrogen-bond acceptors (Lipinski definition) is 2. The van der Waals surface area contributed by atoms with Crippen LogP contribution in [0.3, 0.4) is 0 Å². The minimum atomic E-state index is -0.00295. The molecule has 3 rings (SSSR count). The van der Waals surface area contributed by atoms with Gasteiger partial charge < -0.3 is 9.72 Å². The predicted molar refractivity (Wildman–Crippen MR) is 85.8 cm³/mol. The van der Waals surface area contributed by atoms with Gasteiger partial charge in [0.15, 0.2) is 5.43 Å². The molecule has 0 fully saturated rings. The Morgan fingerprint density at radius 1 is 1.00 bits per heavy atom. The highest BCUT2D eigenvalue weighted by atomic mass is 16.5. The maximum Gasteiger partial charge on any atom is 0.190 e. The van der Waals surface area contributed by atoms with Crippen LogP contribution < -0.4 is 10.2 Å². The quantitative estimate of drug-likeness (QED) is 0.788. The third-order valence-electron chi connectivity index (χ3n) is 3.26. The van der Waals surface area contributed by atoms with Crippen LogP contribution in [0.1, 0.15) is 13.8 Å². The molecule has 3 nitrogen and oxygen atoms in total. The lowest BCUT2D eigenvalue weighted by Gasteiger charge is -2.10. The molecule has 0 saturated heterocycles. The highest BCUT2D eigenvalue weighted by molar-refractivity contribution is 5.82. The number of hydrogen-bond donors (Lipinski definition) is 1. The molecular formula is C18H17NO2. The van der Waals surface area contributed by atoms with E-state index in [0.717, 1.165) is 22.5 Å². The average Bonchev–Trinajstić information content (AvgIpc) is 2.48. The van der Waals surface area contributed by atoms with Gasteiger partial charge in [-0.25, -0.2) is 0 Å². The number of H-pyrrole nitrogens is 1. The molecule has 1 heterocycles. The van der Waals surface area contributed by atoms with E-state index in [1.807, 2.05) is 56.3 Å².